The Balaban J connectivity index is 1.47. The number of methoxy groups -OCH3 is 2. The molecule has 4 aromatic carbocycles. The number of nitrogens with one attached hydrogen (secondary N) is 3. The first-order chi connectivity index (χ1) is 21.4. The summed E-state index contributed by atoms with van der Waals surface area (Å²) in [6.07, 6.45) is 1.58. The van der Waals surface area contributed by atoms with E-state index in [1.807, 2.05) is 31.2 Å². The van der Waals surface area contributed by atoms with E-state index < -0.39 is 11.8 Å². The summed E-state index contributed by atoms with van der Waals surface area (Å²) in [5.74, 6) is 0.664. The molecule has 226 valence electrons. The number of carbonyl (C=O) groups excluding carboxylic acids is 3. The molecule has 0 atom stereocenters. The summed E-state index contributed by atoms with van der Waals surface area (Å²) in [7, 11) is 3.08. The van der Waals surface area contributed by atoms with Crippen molar-refractivity contribution < 1.29 is 28.6 Å². The second kappa shape index (κ2) is 15.9. The number of carbonyl (C=O) groups is 3. The van der Waals surface area contributed by atoms with E-state index in [1.54, 1.807) is 78.9 Å². The van der Waals surface area contributed by atoms with Crippen LogP contribution in [-0.2, 0) is 9.59 Å². The fraction of sp³-hybridized carbons (Fsp3) is 0.147. The summed E-state index contributed by atoms with van der Waals surface area (Å²) >= 11 is 1.31. The van der Waals surface area contributed by atoms with Gasteiger partial charge in [0.25, 0.3) is 11.8 Å². The molecule has 0 aromatic heterocycles. The quantitative estimate of drug-likeness (QED) is 0.121. The molecule has 0 saturated heterocycles. The summed E-state index contributed by atoms with van der Waals surface area (Å²) in [5.41, 5.74) is 2.13. The van der Waals surface area contributed by atoms with Gasteiger partial charge in [0.15, 0.2) is 0 Å². The maximum absolute atomic E-state index is 13.5. The van der Waals surface area contributed by atoms with Crippen LogP contribution in [0.15, 0.2) is 108 Å². The molecule has 0 bridgehead atoms. The zero-order valence-electron chi connectivity index (χ0n) is 24.6. The molecule has 44 heavy (non-hydrogen) atoms. The number of hydrogen-bond donors (Lipinski definition) is 3. The van der Waals surface area contributed by atoms with Gasteiger partial charge in [-0.2, -0.15) is 0 Å². The summed E-state index contributed by atoms with van der Waals surface area (Å²) in [6.45, 7) is 2.31. The zero-order valence-corrected chi connectivity index (χ0v) is 25.4. The summed E-state index contributed by atoms with van der Waals surface area (Å²) < 4.78 is 16.2. The number of ether oxygens (including phenoxy) is 3. The standard InChI is InChI=1S/C34H33N3O6S/c1-4-43-31-16-9-8-13-24(31)17-30(37-33(39)23-11-6-5-7-12-23)34(40)36-25-14-10-15-29(20-25)44-22-32(38)35-26-18-27(41-2)21-28(19-26)42-3/h5-21H,4,22H2,1-3H3,(H,35,38)(H,36,40)(H,37,39)/b30-17+. The van der Waals surface area contributed by atoms with E-state index in [-0.39, 0.29) is 17.4 Å². The molecule has 0 unspecified atom stereocenters. The minimum absolute atomic E-state index is 0.0390. The largest absolute Gasteiger partial charge is 0.497 e. The Morgan fingerprint density at radius 2 is 1.48 bits per heavy atom. The minimum Gasteiger partial charge on any atom is -0.497 e. The lowest BCUT2D eigenvalue weighted by molar-refractivity contribution is -0.114. The normalized spacial score (nSPS) is 10.8. The van der Waals surface area contributed by atoms with Gasteiger partial charge in [-0.05, 0) is 49.4 Å². The van der Waals surface area contributed by atoms with Crippen LogP contribution in [0.4, 0.5) is 11.4 Å². The van der Waals surface area contributed by atoms with Crippen molar-refractivity contribution in [2.75, 3.05) is 37.2 Å². The zero-order chi connectivity index (χ0) is 31.3. The lowest BCUT2D eigenvalue weighted by atomic mass is 10.1. The average Bonchev–Trinajstić information content (AvgIpc) is 3.04. The monoisotopic (exact) mass is 611 g/mol. The maximum Gasteiger partial charge on any atom is 0.272 e. The van der Waals surface area contributed by atoms with Gasteiger partial charge in [-0.3, -0.25) is 14.4 Å². The third-order valence-corrected chi connectivity index (χ3v) is 7.14. The van der Waals surface area contributed by atoms with Crippen LogP contribution >= 0.6 is 11.8 Å². The average molecular weight is 612 g/mol. The van der Waals surface area contributed by atoms with Crippen LogP contribution in [-0.4, -0.2) is 44.3 Å². The van der Waals surface area contributed by atoms with Crippen molar-refractivity contribution in [2.24, 2.45) is 0 Å². The van der Waals surface area contributed by atoms with Crippen molar-refractivity contribution in [2.45, 2.75) is 11.8 Å². The van der Waals surface area contributed by atoms with Crippen LogP contribution in [0.5, 0.6) is 17.2 Å². The van der Waals surface area contributed by atoms with Gasteiger partial charge >= 0.3 is 0 Å². The molecule has 0 fully saturated rings. The van der Waals surface area contributed by atoms with Crippen molar-refractivity contribution in [3.8, 4) is 17.2 Å². The Hall–Kier alpha value is -5.22. The Labute approximate surface area is 260 Å². The summed E-state index contributed by atoms with van der Waals surface area (Å²) in [4.78, 5) is 39.9. The highest BCUT2D eigenvalue weighted by Gasteiger charge is 2.17. The smallest absolute Gasteiger partial charge is 0.272 e. The van der Waals surface area contributed by atoms with Crippen LogP contribution in [0.1, 0.15) is 22.8 Å². The lowest BCUT2D eigenvalue weighted by Gasteiger charge is -2.13. The molecule has 0 saturated carbocycles. The molecule has 0 aliphatic heterocycles. The summed E-state index contributed by atoms with van der Waals surface area (Å²) in [6, 6.07) is 28.1. The number of thioether (sulfide) groups is 1. The van der Waals surface area contributed by atoms with Gasteiger partial charge < -0.3 is 30.2 Å². The number of amides is 3. The number of para-hydroxylation sites is 1. The highest BCUT2D eigenvalue weighted by atomic mass is 32.2. The van der Waals surface area contributed by atoms with Crippen LogP contribution < -0.4 is 30.2 Å². The van der Waals surface area contributed by atoms with E-state index in [1.165, 1.54) is 26.0 Å². The Morgan fingerprint density at radius 3 is 2.18 bits per heavy atom. The first-order valence-electron chi connectivity index (χ1n) is 13.8. The second-order valence-electron chi connectivity index (χ2n) is 9.27. The predicted molar refractivity (Wildman–Crippen MR) is 173 cm³/mol. The van der Waals surface area contributed by atoms with Crippen molar-refractivity contribution in [1.82, 2.24) is 5.32 Å². The second-order valence-corrected chi connectivity index (χ2v) is 10.3. The first kappa shape index (κ1) is 31.7. The van der Waals surface area contributed by atoms with E-state index in [0.29, 0.717) is 46.4 Å². The molecule has 10 heteroatoms. The number of rotatable bonds is 13. The molecule has 4 aromatic rings. The molecular formula is C34H33N3O6S. The fourth-order valence-corrected chi connectivity index (χ4v) is 4.83. The SMILES string of the molecule is CCOc1ccccc1/C=C(/NC(=O)c1ccccc1)C(=O)Nc1cccc(SCC(=O)Nc2cc(OC)cc(OC)c2)c1. The molecule has 0 aliphatic rings. The van der Waals surface area contributed by atoms with E-state index >= 15 is 0 Å². The number of anilines is 2. The van der Waals surface area contributed by atoms with Gasteiger partial charge in [0, 0.05) is 45.6 Å². The number of benzene rings is 4. The molecule has 3 amide bonds. The molecule has 0 spiro atoms. The van der Waals surface area contributed by atoms with E-state index in [9.17, 15) is 14.4 Å². The van der Waals surface area contributed by atoms with E-state index in [0.717, 1.165) is 4.90 Å². The summed E-state index contributed by atoms with van der Waals surface area (Å²) in [5, 5.41) is 8.45. The van der Waals surface area contributed by atoms with Crippen molar-refractivity contribution in [3.63, 3.8) is 0 Å². The number of hydrogen-bond acceptors (Lipinski definition) is 7. The van der Waals surface area contributed by atoms with Gasteiger partial charge in [-0.15, -0.1) is 11.8 Å². The molecule has 9 nitrogen and oxygen atoms in total. The molecule has 0 aliphatic carbocycles. The molecule has 4 rings (SSSR count). The van der Waals surface area contributed by atoms with Crippen LogP contribution in [0.3, 0.4) is 0 Å². The van der Waals surface area contributed by atoms with Gasteiger partial charge in [-0.25, -0.2) is 0 Å². The molecule has 0 heterocycles. The predicted octanol–water partition coefficient (Wildman–Crippen LogP) is 6.24. The van der Waals surface area contributed by atoms with Crippen LogP contribution in [0.25, 0.3) is 6.08 Å². The van der Waals surface area contributed by atoms with E-state index in [2.05, 4.69) is 16.0 Å². The molecule has 0 radical (unpaired) electrons. The van der Waals surface area contributed by atoms with Crippen molar-refractivity contribution in [3.05, 3.63) is 114 Å². The highest BCUT2D eigenvalue weighted by Crippen LogP contribution is 2.27. The topological polar surface area (TPSA) is 115 Å². The maximum atomic E-state index is 13.5. The first-order valence-corrected chi connectivity index (χ1v) is 14.7. The van der Waals surface area contributed by atoms with Gasteiger partial charge in [-0.1, -0.05) is 42.5 Å². The Bertz CT molecular complexity index is 1620. The third kappa shape index (κ3) is 9.14. The van der Waals surface area contributed by atoms with Gasteiger partial charge in [0.2, 0.25) is 5.91 Å². The molecular weight excluding hydrogens is 578 g/mol. The van der Waals surface area contributed by atoms with Gasteiger partial charge in [0.05, 0.1) is 26.6 Å². The lowest BCUT2D eigenvalue weighted by Crippen LogP contribution is -2.30. The van der Waals surface area contributed by atoms with Crippen LogP contribution in [0, 0.1) is 0 Å². The van der Waals surface area contributed by atoms with Crippen LogP contribution in [0.2, 0.25) is 0 Å². The Kier molecular flexibility index (Phi) is 11.4. The van der Waals surface area contributed by atoms with Crippen molar-refractivity contribution in [1.29, 1.82) is 0 Å². The third-order valence-electron chi connectivity index (χ3n) is 6.14. The highest BCUT2D eigenvalue weighted by molar-refractivity contribution is 8.00. The Morgan fingerprint density at radius 1 is 0.773 bits per heavy atom. The fourth-order valence-electron chi connectivity index (χ4n) is 4.07. The molecule has 3 N–H and O–H groups in total. The van der Waals surface area contributed by atoms with Gasteiger partial charge in [0.1, 0.15) is 22.9 Å². The minimum atomic E-state index is -0.521. The van der Waals surface area contributed by atoms with Crippen molar-refractivity contribution >= 4 is 46.9 Å². The van der Waals surface area contributed by atoms with E-state index in [4.69, 9.17) is 14.2 Å².